The standard InChI is InChI=1S/C11H6Cl3N/c12-7-3-4-9(13)8(6-7)11-10(14)2-1-5-15-11/h1-6H. The second kappa shape index (κ2) is 4.40. The van der Waals surface area contributed by atoms with Crippen molar-refractivity contribution in [1.29, 1.82) is 0 Å². The highest BCUT2D eigenvalue weighted by atomic mass is 35.5. The van der Waals surface area contributed by atoms with Crippen LogP contribution in [0.15, 0.2) is 36.5 Å². The molecule has 0 bridgehead atoms. The van der Waals surface area contributed by atoms with Crippen molar-refractivity contribution in [2.75, 3.05) is 0 Å². The summed E-state index contributed by atoms with van der Waals surface area (Å²) in [6, 6.07) is 8.73. The maximum Gasteiger partial charge on any atom is 0.0903 e. The van der Waals surface area contributed by atoms with Gasteiger partial charge in [0, 0.05) is 16.8 Å². The Hall–Kier alpha value is -0.760. The van der Waals surface area contributed by atoms with Gasteiger partial charge in [0.1, 0.15) is 0 Å². The lowest BCUT2D eigenvalue weighted by Gasteiger charge is -2.05. The summed E-state index contributed by atoms with van der Waals surface area (Å²) in [7, 11) is 0. The van der Waals surface area contributed by atoms with Gasteiger partial charge in [0.15, 0.2) is 0 Å². The van der Waals surface area contributed by atoms with E-state index < -0.39 is 0 Å². The summed E-state index contributed by atoms with van der Waals surface area (Å²) < 4.78 is 0. The Bertz CT molecular complexity index is 497. The van der Waals surface area contributed by atoms with E-state index in [-0.39, 0.29) is 0 Å². The average molecular weight is 259 g/mol. The summed E-state index contributed by atoms with van der Waals surface area (Å²) in [5.74, 6) is 0. The predicted molar refractivity (Wildman–Crippen MR) is 64.7 cm³/mol. The summed E-state index contributed by atoms with van der Waals surface area (Å²) in [5.41, 5.74) is 1.39. The van der Waals surface area contributed by atoms with Crippen LogP contribution in [0.2, 0.25) is 15.1 Å². The van der Waals surface area contributed by atoms with Crippen LogP contribution in [0.1, 0.15) is 0 Å². The molecule has 1 nitrogen and oxygen atoms in total. The van der Waals surface area contributed by atoms with Gasteiger partial charge in [-0.2, -0.15) is 0 Å². The molecule has 15 heavy (non-hydrogen) atoms. The van der Waals surface area contributed by atoms with Crippen molar-refractivity contribution in [1.82, 2.24) is 4.98 Å². The average Bonchev–Trinajstić information content (AvgIpc) is 2.23. The van der Waals surface area contributed by atoms with E-state index in [9.17, 15) is 0 Å². The largest absolute Gasteiger partial charge is 0.255 e. The van der Waals surface area contributed by atoms with Gasteiger partial charge in [-0.1, -0.05) is 34.8 Å². The molecule has 0 saturated heterocycles. The summed E-state index contributed by atoms with van der Waals surface area (Å²) in [4.78, 5) is 4.18. The molecular formula is C11H6Cl3N. The van der Waals surface area contributed by atoms with E-state index in [0.717, 1.165) is 5.56 Å². The first-order chi connectivity index (χ1) is 7.18. The van der Waals surface area contributed by atoms with Crippen molar-refractivity contribution in [3.8, 4) is 11.3 Å². The lowest BCUT2D eigenvalue weighted by molar-refractivity contribution is 1.33. The second-order valence-electron chi connectivity index (χ2n) is 2.96. The first kappa shape index (κ1) is 10.7. The number of benzene rings is 1. The zero-order chi connectivity index (χ0) is 10.8. The van der Waals surface area contributed by atoms with Gasteiger partial charge in [-0.15, -0.1) is 0 Å². The molecule has 1 aromatic carbocycles. The van der Waals surface area contributed by atoms with Crippen molar-refractivity contribution >= 4 is 34.8 Å². The van der Waals surface area contributed by atoms with E-state index in [1.165, 1.54) is 0 Å². The Kier molecular flexibility index (Phi) is 3.15. The monoisotopic (exact) mass is 257 g/mol. The molecule has 1 aromatic heterocycles. The number of hydrogen-bond donors (Lipinski definition) is 0. The molecule has 0 atom stereocenters. The third-order valence-electron chi connectivity index (χ3n) is 1.94. The van der Waals surface area contributed by atoms with Gasteiger partial charge in [0.25, 0.3) is 0 Å². The lowest BCUT2D eigenvalue weighted by Crippen LogP contribution is -1.85. The molecular weight excluding hydrogens is 252 g/mol. The van der Waals surface area contributed by atoms with E-state index >= 15 is 0 Å². The number of halogens is 3. The van der Waals surface area contributed by atoms with Crippen molar-refractivity contribution < 1.29 is 0 Å². The molecule has 0 unspecified atom stereocenters. The summed E-state index contributed by atoms with van der Waals surface area (Å²) in [6.07, 6.45) is 1.67. The first-order valence-electron chi connectivity index (χ1n) is 4.24. The van der Waals surface area contributed by atoms with Crippen LogP contribution in [0.5, 0.6) is 0 Å². The van der Waals surface area contributed by atoms with Gasteiger partial charge >= 0.3 is 0 Å². The second-order valence-corrected chi connectivity index (χ2v) is 4.21. The van der Waals surface area contributed by atoms with E-state index in [0.29, 0.717) is 20.8 Å². The Balaban J connectivity index is 2.64. The van der Waals surface area contributed by atoms with Gasteiger partial charge < -0.3 is 0 Å². The topological polar surface area (TPSA) is 12.9 Å². The zero-order valence-corrected chi connectivity index (χ0v) is 9.81. The number of hydrogen-bond acceptors (Lipinski definition) is 1. The van der Waals surface area contributed by atoms with Crippen LogP contribution in [0.3, 0.4) is 0 Å². The molecule has 0 radical (unpaired) electrons. The van der Waals surface area contributed by atoms with E-state index in [1.54, 1.807) is 36.5 Å². The number of nitrogens with zero attached hydrogens (tertiary/aromatic N) is 1. The summed E-state index contributed by atoms with van der Waals surface area (Å²) in [6.45, 7) is 0. The van der Waals surface area contributed by atoms with E-state index in [1.807, 2.05) is 0 Å². The van der Waals surface area contributed by atoms with Crippen molar-refractivity contribution in [3.63, 3.8) is 0 Å². The highest BCUT2D eigenvalue weighted by molar-refractivity contribution is 6.37. The summed E-state index contributed by atoms with van der Waals surface area (Å²) >= 11 is 18.0. The van der Waals surface area contributed by atoms with Crippen molar-refractivity contribution in [2.45, 2.75) is 0 Å². The van der Waals surface area contributed by atoms with Gasteiger partial charge in [-0.3, -0.25) is 4.98 Å². The molecule has 0 aliphatic heterocycles. The van der Waals surface area contributed by atoms with Crippen LogP contribution >= 0.6 is 34.8 Å². The molecule has 0 spiro atoms. The third kappa shape index (κ3) is 2.25. The van der Waals surface area contributed by atoms with Crippen LogP contribution in [0.4, 0.5) is 0 Å². The van der Waals surface area contributed by atoms with E-state index in [2.05, 4.69) is 4.98 Å². The minimum atomic E-state index is 0.557. The van der Waals surface area contributed by atoms with Crippen molar-refractivity contribution in [2.24, 2.45) is 0 Å². The maximum atomic E-state index is 6.05. The van der Waals surface area contributed by atoms with Gasteiger partial charge in [-0.05, 0) is 30.3 Å². The molecule has 2 aromatic rings. The Labute approximate surface area is 103 Å². The van der Waals surface area contributed by atoms with Crippen LogP contribution in [0, 0.1) is 0 Å². The fourth-order valence-corrected chi connectivity index (χ4v) is 1.87. The maximum absolute atomic E-state index is 6.05. The van der Waals surface area contributed by atoms with Crippen LogP contribution in [0.25, 0.3) is 11.3 Å². The minimum Gasteiger partial charge on any atom is -0.255 e. The quantitative estimate of drug-likeness (QED) is 0.722. The third-order valence-corrected chi connectivity index (χ3v) is 2.81. The SMILES string of the molecule is Clc1ccc(Cl)c(-c2ncccc2Cl)c1. The molecule has 76 valence electrons. The molecule has 4 heteroatoms. The number of pyridine rings is 1. The number of aromatic nitrogens is 1. The molecule has 0 fully saturated rings. The Morgan fingerprint density at radius 3 is 2.47 bits per heavy atom. The van der Waals surface area contributed by atoms with Gasteiger partial charge in [0.05, 0.1) is 15.7 Å². The summed E-state index contributed by atoms with van der Waals surface area (Å²) in [5, 5.41) is 1.75. The zero-order valence-electron chi connectivity index (χ0n) is 7.55. The molecule has 0 aliphatic rings. The number of rotatable bonds is 1. The lowest BCUT2D eigenvalue weighted by atomic mass is 10.1. The van der Waals surface area contributed by atoms with E-state index in [4.69, 9.17) is 34.8 Å². The normalized spacial score (nSPS) is 10.3. The molecule has 0 aliphatic carbocycles. The predicted octanol–water partition coefficient (Wildman–Crippen LogP) is 4.71. The fraction of sp³-hybridized carbons (Fsp3) is 0. The van der Waals surface area contributed by atoms with Crippen molar-refractivity contribution in [3.05, 3.63) is 51.6 Å². The Morgan fingerprint density at radius 2 is 1.73 bits per heavy atom. The molecule has 0 amide bonds. The van der Waals surface area contributed by atoms with Gasteiger partial charge in [-0.25, -0.2) is 0 Å². The van der Waals surface area contributed by atoms with Crippen LogP contribution in [-0.2, 0) is 0 Å². The molecule has 0 N–H and O–H groups in total. The first-order valence-corrected chi connectivity index (χ1v) is 5.38. The smallest absolute Gasteiger partial charge is 0.0903 e. The molecule has 2 rings (SSSR count). The van der Waals surface area contributed by atoms with Crippen LogP contribution in [-0.4, -0.2) is 4.98 Å². The highest BCUT2D eigenvalue weighted by Crippen LogP contribution is 2.33. The highest BCUT2D eigenvalue weighted by Gasteiger charge is 2.08. The van der Waals surface area contributed by atoms with Crippen LogP contribution < -0.4 is 0 Å². The fourth-order valence-electron chi connectivity index (χ4n) is 1.26. The Morgan fingerprint density at radius 1 is 0.933 bits per heavy atom. The molecule has 1 heterocycles. The van der Waals surface area contributed by atoms with Gasteiger partial charge in [0.2, 0.25) is 0 Å². The molecule has 0 saturated carbocycles. The minimum absolute atomic E-state index is 0.557.